The number of benzene rings is 1. The van der Waals surface area contributed by atoms with Crippen molar-refractivity contribution in [1.29, 1.82) is 0 Å². The first-order valence-corrected chi connectivity index (χ1v) is 8.81. The molecule has 1 aromatic carbocycles. The van der Waals surface area contributed by atoms with Crippen molar-refractivity contribution in [1.82, 2.24) is 10.6 Å². The first-order chi connectivity index (χ1) is 12.0. The second-order valence-corrected chi connectivity index (χ2v) is 6.44. The van der Waals surface area contributed by atoms with Gasteiger partial charge >= 0.3 is 5.97 Å². The molecule has 1 aromatic rings. The summed E-state index contributed by atoms with van der Waals surface area (Å²) in [4.78, 5) is 35.9. The number of carbonyl (C=O) groups excluding carboxylic acids is 3. The molecule has 1 fully saturated rings. The minimum atomic E-state index is -0.819. The van der Waals surface area contributed by atoms with Crippen molar-refractivity contribution >= 4 is 17.8 Å². The number of hydrogen-bond donors (Lipinski definition) is 2. The van der Waals surface area contributed by atoms with Crippen molar-refractivity contribution in [3.63, 3.8) is 0 Å². The molecule has 1 atom stereocenters. The molecule has 1 aliphatic carbocycles. The third-order valence-electron chi connectivity index (χ3n) is 4.38. The Morgan fingerprint density at radius 3 is 2.56 bits per heavy atom. The summed E-state index contributed by atoms with van der Waals surface area (Å²) in [5.41, 5.74) is 1.46. The van der Waals surface area contributed by atoms with Crippen LogP contribution in [-0.2, 0) is 14.3 Å². The van der Waals surface area contributed by atoms with Gasteiger partial charge in [0.1, 0.15) is 0 Å². The van der Waals surface area contributed by atoms with Gasteiger partial charge in [-0.3, -0.25) is 14.4 Å². The molecule has 0 unspecified atom stereocenters. The maximum Gasteiger partial charge on any atom is 0.308 e. The molecule has 0 heterocycles. The maximum atomic E-state index is 12.0. The zero-order chi connectivity index (χ0) is 18.2. The molecular weight excluding hydrogens is 320 g/mol. The van der Waals surface area contributed by atoms with Crippen LogP contribution in [0.25, 0.3) is 0 Å². The van der Waals surface area contributed by atoms with Crippen molar-refractivity contribution in [3.05, 3.63) is 35.4 Å². The lowest BCUT2D eigenvalue weighted by Gasteiger charge is -2.17. The van der Waals surface area contributed by atoms with E-state index >= 15 is 0 Å². The Labute approximate surface area is 148 Å². The zero-order valence-corrected chi connectivity index (χ0v) is 14.8. The van der Waals surface area contributed by atoms with Crippen LogP contribution >= 0.6 is 0 Å². The average molecular weight is 346 g/mol. The first-order valence-electron chi connectivity index (χ1n) is 8.81. The van der Waals surface area contributed by atoms with Gasteiger partial charge in [0, 0.05) is 18.2 Å². The van der Waals surface area contributed by atoms with Crippen LogP contribution in [0, 0.1) is 6.92 Å². The van der Waals surface area contributed by atoms with Crippen LogP contribution in [-0.4, -0.2) is 36.5 Å². The number of esters is 1. The van der Waals surface area contributed by atoms with Gasteiger partial charge in [-0.1, -0.05) is 31.0 Å². The van der Waals surface area contributed by atoms with Crippen molar-refractivity contribution in [3.8, 4) is 0 Å². The number of rotatable bonds is 7. The van der Waals surface area contributed by atoms with Gasteiger partial charge in [0.15, 0.2) is 6.10 Å². The van der Waals surface area contributed by atoms with Crippen LogP contribution in [0.15, 0.2) is 24.3 Å². The van der Waals surface area contributed by atoms with Crippen molar-refractivity contribution in [2.45, 2.75) is 58.1 Å². The second-order valence-electron chi connectivity index (χ2n) is 6.44. The molecule has 0 aliphatic heterocycles. The van der Waals surface area contributed by atoms with E-state index in [9.17, 15) is 14.4 Å². The Morgan fingerprint density at radius 1 is 1.20 bits per heavy atom. The molecule has 136 valence electrons. The topological polar surface area (TPSA) is 84.5 Å². The molecule has 0 bridgehead atoms. The number of nitrogens with one attached hydrogen (secondary N) is 2. The lowest BCUT2D eigenvalue weighted by molar-refractivity contribution is -0.154. The lowest BCUT2D eigenvalue weighted by atomic mass is 10.1. The lowest BCUT2D eigenvalue weighted by Crippen LogP contribution is -2.41. The predicted molar refractivity (Wildman–Crippen MR) is 94.1 cm³/mol. The molecule has 6 heteroatoms. The van der Waals surface area contributed by atoms with Gasteiger partial charge in [0.2, 0.25) is 0 Å². The van der Waals surface area contributed by atoms with Gasteiger partial charge in [0.25, 0.3) is 11.8 Å². The Bertz CT molecular complexity index is 624. The van der Waals surface area contributed by atoms with Crippen LogP contribution in [0.1, 0.15) is 54.9 Å². The number of aryl methyl sites for hydroxylation is 1. The second kappa shape index (κ2) is 9.20. The van der Waals surface area contributed by atoms with Gasteiger partial charge in [0.05, 0.1) is 6.42 Å². The average Bonchev–Trinajstić information content (AvgIpc) is 3.08. The molecule has 2 rings (SSSR count). The summed E-state index contributed by atoms with van der Waals surface area (Å²) < 4.78 is 5.13. The molecule has 0 aromatic heterocycles. The molecule has 0 saturated heterocycles. The number of carbonyl (C=O) groups is 3. The standard InChI is InChI=1S/C19H26N2O4/c1-13-7-3-6-10-16(13)19(24)20-12-11-17(22)25-14(2)18(23)21-15-8-4-5-9-15/h3,6-7,10,14-15H,4-5,8-9,11-12H2,1-2H3,(H,20,24)(H,21,23)/t14-/m0/s1. The largest absolute Gasteiger partial charge is 0.452 e. The predicted octanol–water partition coefficient (Wildman–Crippen LogP) is 2.11. The highest BCUT2D eigenvalue weighted by molar-refractivity contribution is 5.95. The van der Waals surface area contributed by atoms with Gasteiger partial charge in [-0.2, -0.15) is 0 Å². The minimum Gasteiger partial charge on any atom is -0.452 e. The van der Waals surface area contributed by atoms with Gasteiger partial charge < -0.3 is 15.4 Å². The molecule has 2 amide bonds. The van der Waals surface area contributed by atoms with Crippen LogP contribution in [0.5, 0.6) is 0 Å². The Morgan fingerprint density at radius 2 is 1.88 bits per heavy atom. The summed E-state index contributed by atoms with van der Waals surface area (Å²) in [5, 5.41) is 5.59. The van der Waals surface area contributed by atoms with E-state index in [2.05, 4.69) is 10.6 Å². The minimum absolute atomic E-state index is 0.0265. The van der Waals surface area contributed by atoms with E-state index in [1.165, 1.54) is 0 Å². The number of amides is 2. The first kappa shape index (κ1) is 19.0. The van der Waals surface area contributed by atoms with Crippen LogP contribution in [0.2, 0.25) is 0 Å². The summed E-state index contributed by atoms with van der Waals surface area (Å²) in [7, 11) is 0. The van der Waals surface area contributed by atoms with Gasteiger partial charge in [-0.25, -0.2) is 0 Å². The smallest absolute Gasteiger partial charge is 0.308 e. The summed E-state index contributed by atoms with van der Waals surface area (Å²) in [5.74, 6) is -0.985. The Hall–Kier alpha value is -2.37. The zero-order valence-electron chi connectivity index (χ0n) is 14.8. The molecule has 6 nitrogen and oxygen atoms in total. The number of hydrogen-bond acceptors (Lipinski definition) is 4. The van der Waals surface area contributed by atoms with Gasteiger partial charge in [-0.05, 0) is 38.3 Å². The van der Waals surface area contributed by atoms with E-state index in [-0.39, 0.29) is 30.8 Å². The van der Waals surface area contributed by atoms with E-state index in [1.54, 1.807) is 19.1 Å². The molecule has 25 heavy (non-hydrogen) atoms. The highest BCUT2D eigenvalue weighted by Crippen LogP contribution is 2.17. The highest BCUT2D eigenvalue weighted by atomic mass is 16.5. The summed E-state index contributed by atoms with van der Waals surface area (Å²) >= 11 is 0. The fourth-order valence-electron chi connectivity index (χ4n) is 2.90. The van der Waals surface area contributed by atoms with E-state index in [0.29, 0.717) is 5.56 Å². The molecule has 2 N–H and O–H groups in total. The third-order valence-corrected chi connectivity index (χ3v) is 4.38. The van der Waals surface area contributed by atoms with E-state index < -0.39 is 12.1 Å². The monoisotopic (exact) mass is 346 g/mol. The fourth-order valence-corrected chi connectivity index (χ4v) is 2.90. The van der Waals surface area contributed by atoms with Crippen molar-refractivity contribution in [2.24, 2.45) is 0 Å². The molecule has 0 spiro atoms. The number of ether oxygens (including phenoxy) is 1. The Kier molecular flexibility index (Phi) is 6.98. The van der Waals surface area contributed by atoms with Crippen LogP contribution < -0.4 is 10.6 Å². The maximum absolute atomic E-state index is 12.0. The molecule has 1 saturated carbocycles. The van der Waals surface area contributed by atoms with E-state index in [0.717, 1.165) is 31.2 Å². The summed E-state index contributed by atoms with van der Waals surface area (Å²) in [6, 6.07) is 7.44. The summed E-state index contributed by atoms with van der Waals surface area (Å²) in [6.45, 7) is 3.59. The Balaban J connectivity index is 1.68. The molecule has 0 radical (unpaired) electrons. The van der Waals surface area contributed by atoms with Crippen molar-refractivity contribution in [2.75, 3.05) is 6.54 Å². The van der Waals surface area contributed by atoms with Gasteiger partial charge in [-0.15, -0.1) is 0 Å². The highest BCUT2D eigenvalue weighted by Gasteiger charge is 2.23. The summed E-state index contributed by atoms with van der Waals surface area (Å²) in [6.07, 6.45) is 3.42. The van der Waals surface area contributed by atoms with Crippen LogP contribution in [0.4, 0.5) is 0 Å². The molecular formula is C19H26N2O4. The fraction of sp³-hybridized carbons (Fsp3) is 0.526. The van der Waals surface area contributed by atoms with E-state index in [1.807, 2.05) is 19.1 Å². The molecule has 1 aliphatic rings. The van der Waals surface area contributed by atoms with Crippen LogP contribution in [0.3, 0.4) is 0 Å². The SMILES string of the molecule is Cc1ccccc1C(=O)NCCC(=O)O[C@@H](C)C(=O)NC1CCCC1. The van der Waals surface area contributed by atoms with E-state index in [4.69, 9.17) is 4.74 Å². The van der Waals surface area contributed by atoms with Crippen molar-refractivity contribution < 1.29 is 19.1 Å². The quantitative estimate of drug-likeness (QED) is 0.741. The normalized spacial score (nSPS) is 15.4. The third kappa shape index (κ3) is 5.89.